The van der Waals surface area contributed by atoms with Crippen LogP contribution < -0.4 is 19.5 Å². The molecule has 7 nitrogen and oxygen atoms in total. The Kier molecular flexibility index (Phi) is 7.98. The lowest BCUT2D eigenvalue weighted by Gasteiger charge is -2.16. The quantitative estimate of drug-likeness (QED) is 0.161. The Balaban J connectivity index is 1.72. The van der Waals surface area contributed by atoms with E-state index in [2.05, 4.69) is 16.4 Å². The van der Waals surface area contributed by atoms with Crippen LogP contribution in [0.5, 0.6) is 17.2 Å². The monoisotopic (exact) mass is 530 g/mol. The summed E-state index contributed by atoms with van der Waals surface area (Å²) in [5, 5.41) is 4.40. The Morgan fingerprint density at radius 3 is 2.26 bits per heavy atom. The van der Waals surface area contributed by atoms with Gasteiger partial charge >= 0.3 is 5.97 Å². The van der Waals surface area contributed by atoms with Gasteiger partial charge in [0, 0.05) is 34.5 Å². The van der Waals surface area contributed by atoms with Crippen LogP contribution in [0.3, 0.4) is 0 Å². The van der Waals surface area contributed by atoms with E-state index >= 15 is 0 Å². The number of halogens is 1. The summed E-state index contributed by atoms with van der Waals surface area (Å²) in [6, 6.07) is 14.9. The fourth-order valence-corrected chi connectivity index (χ4v) is 4.32. The van der Waals surface area contributed by atoms with Crippen molar-refractivity contribution in [2.75, 3.05) is 19.5 Å². The molecule has 0 unspecified atom stereocenters. The number of nitrogens with one attached hydrogen (secondary N) is 1. The topological polar surface area (TPSA) is 86.8 Å². The molecule has 1 heterocycles. The number of nitrogens with zero attached hydrogens (tertiary/aromatic N) is 1. The second-order valence-electron chi connectivity index (χ2n) is 8.65. The van der Waals surface area contributed by atoms with Crippen LogP contribution in [0, 0.1) is 13.8 Å². The van der Waals surface area contributed by atoms with Gasteiger partial charge in [0.25, 0.3) is 0 Å². The van der Waals surface area contributed by atoms with E-state index in [1.54, 1.807) is 24.4 Å². The molecule has 1 aromatic heterocycles. The summed E-state index contributed by atoms with van der Waals surface area (Å²) >= 11 is 6.58. The Bertz CT molecular complexity index is 1550. The first-order valence-corrected chi connectivity index (χ1v) is 12.2. The van der Waals surface area contributed by atoms with Gasteiger partial charge in [-0.05, 0) is 66.9 Å². The van der Waals surface area contributed by atoms with Crippen LogP contribution in [0.1, 0.15) is 23.6 Å². The Labute approximate surface area is 226 Å². The smallest absolute Gasteiger partial charge is 0.308 e. The van der Waals surface area contributed by atoms with Gasteiger partial charge in [-0.3, -0.25) is 14.6 Å². The maximum absolute atomic E-state index is 13.0. The third-order valence-electron chi connectivity index (χ3n) is 6.04. The summed E-state index contributed by atoms with van der Waals surface area (Å²) in [6.45, 7) is 5.36. The number of esters is 1. The number of anilines is 1. The van der Waals surface area contributed by atoms with E-state index in [9.17, 15) is 9.59 Å². The Morgan fingerprint density at radius 2 is 1.63 bits per heavy atom. The van der Waals surface area contributed by atoms with Gasteiger partial charge in [-0.2, -0.15) is 0 Å². The van der Waals surface area contributed by atoms with Crippen LogP contribution in [0.25, 0.3) is 28.1 Å². The van der Waals surface area contributed by atoms with E-state index in [1.807, 2.05) is 44.2 Å². The minimum atomic E-state index is -0.507. The molecule has 0 aliphatic carbocycles. The summed E-state index contributed by atoms with van der Waals surface area (Å²) in [4.78, 5) is 29.1. The van der Waals surface area contributed by atoms with Gasteiger partial charge in [0.1, 0.15) is 0 Å². The van der Waals surface area contributed by atoms with Crippen molar-refractivity contribution in [3.8, 4) is 28.4 Å². The Morgan fingerprint density at radius 1 is 0.974 bits per heavy atom. The van der Waals surface area contributed by atoms with E-state index in [-0.39, 0.29) is 11.7 Å². The number of fused-ring (bicyclic) bond motifs is 1. The third-order valence-corrected chi connectivity index (χ3v) is 6.37. The zero-order chi connectivity index (χ0) is 27.4. The van der Waals surface area contributed by atoms with E-state index in [4.69, 9.17) is 25.8 Å². The molecule has 0 saturated carbocycles. The molecule has 0 aliphatic heterocycles. The van der Waals surface area contributed by atoms with Gasteiger partial charge in [0.05, 0.1) is 31.6 Å². The molecule has 0 radical (unpaired) electrons. The number of ether oxygens (including phenoxy) is 3. The highest BCUT2D eigenvalue weighted by molar-refractivity contribution is 6.34. The summed E-state index contributed by atoms with van der Waals surface area (Å²) < 4.78 is 15.9. The number of aryl methyl sites for hydroxylation is 2. The molecule has 8 heteroatoms. The van der Waals surface area contributed by atoms with E-state index in [0.717, 1.165) is 33.2 Å². The first-order valence-electron chi connectivity index (χ1n) is 11.8. The zero-order valence-electron chi connectivity index (χ0n) is 21.7. The number of rotatable bonds is 7. The second-order valence-corrected chi connectivity index (χ2v) is 9.06. The first-order chi connectivity index (χ1) is 18.2. The summed E-state index contributed by atoms with van der Waals surface area (Å²) in [5.74, 6) is -0.116. The van der Waals surface area contributed by atoms with Crippen molar-refractivity contribution in [3.63, 3.8) is 0 Å². The fourth-order valence-electron chi connectivity index (χ4n) is 4.09. The number of hydrogen-bond donors (Lipinski definition) is 1. The molecular weight excluding hydrogens is 504 g/mol. The molecule has 194 valence electrons. The van der Waals surface area contributed by atoms with Crippen LogP contribution >= 0.6 is 11.6 Å². The maximum atomic E-state index is 13.0. The number of carbonyl (C=O) groups is 2. The molecule has 1 amide bonds. The predicted octanol–water partition coefficient (Wildman–Crippen LogP) is 6.77. The highest BCUT2D eigenvalue weighted by atomic mass is 35.5. The number of aromatic nitrogens is 1. The summed E-state index contributed by atoms with van der Waals surface area (Å²) in [5.41, 5.74) is 5.77. The molecule has 3 aromatic carbocycles. The van der Waals surface area contributed by atoms with Crippen molar-refractivity contribution < 1.29 is 23.8 Å². The van der Waals surface area contributed by atoms with Gasteiger partial charge in [0.15, 0.2) is 11.5 Å². The average Bonchev–Trinajstić information content (AvgIpc) is 2.89. The average molecular weight is 531 g/mol. The molecule has 0 bridgehead atoms. The highest BCUT2D eigenvalue weighted by Crippen LogP contribution is 2.40. The largest absolute Gasteiger partial charge is 0.493 e. The van der Waals surface area contributed by atoms with Crippen molar-refractivity contribution in [1.82, 2.24) is 4.98 Å². The van der Waals surface area contributed by atoms with E-state index in [0.29, 0.717) is 27.8 Å². The lowest BCUT2D eigenvalue weighted by molar-refractivity contribution is -0.132. The van der Waals surface area contributed by atoms with Crippen LogP contribution in [0.15, 0.2) is 60.8 Å². The number of benzene rings is 3. The van der Waals surface area contributed by atoms with Crippen LogP contribution in [-0.2, 0) is 9.59 Å². The van der Waals surface area contributed by atoms with Crippen molar-refractivity contribution in [2.24, 2.45) is 0 Å². The molecule has 1 N–H and O–H groups in total. The van der Waals surface area contributed by atoms with Gasteiger partial charge in [-0.25, -0.2) is 0 Å². The molecular formula is C30H27ClN2O5. The van der Waals surface area contributed by atoms with Gasteiger partial charge in [0.2, 0.25) is 11.7 Å². The molecule has 4 rings (SSSR count). The van der Waals surface area contributed by atoms with Crippen molar-refractivity contribution >= 4 is 46.1 Å². The predicted molar refractivity (Wildman–Crippen MR) is 150 cm³/mol. The Hall–Kier alpha value is -4.36. The molecule has 0 fully saturated rings. The molecule has 0 atom stereocenters. The molecule has 4 aromatic rings. The summed E-state index contributed by atoms with van der Waals surface area (Å²) in [7, 11) is 2.91. The normalized spacial score (nSPS) is 11.0. The highest BCUT2D eigenvalue weighted by Gasteiger charge is 2.17. The molecule has 0 spiro atoms. The molecule has 0 saturated heterocycles. The lowest BCUT2D eigenvalue weighted by Crippen LogP contribution is -2.10. The van der Waals surface area contributed by atoms with Crippen LogP contribution in [0.4, 0.5) is 5.69 Å². The lowest BCUT2D eigenvalue weighted by atomic mass is 9.96. The molecule has 38 heavy (non-hydrogen) atoms. The number of methoxy groups -OCH3 is 2. The van der Waals surface area contributed by atoms with Crippen LogP contribution in [0.2, 0.25) is 5.02 Å². The number of amides is 1. The first kappa shape index (κ1) is 26.7. The fraction of sp³-hybridized carbons (Fsp3) is 0.167. The van der Waals surface area contributed by atoms with Crippen molar-refractivity contribution in [3.05, 3.63) is 82.5 Å². The van der Waals surface area contributed by atoms with E-state index in [1.165, 1.54) is 27.2 Å². The number of hydrogen-bond acceptors (Lipinski definition) is 6. The van der Waals surface area contributed by atoms with Crippen LogP contribution in [-0.4, -0.2) is 31.1 Å². The third kappa shape index (κ3) is 5.63. The van der Waals surface area contributed by atoms with Crippen molar-refractivity contribution in [2.45, 2.75) is 20.8 Å². The number of pyridine rings is 1. The zero-order valence-corrected chi connectivity index (χ0v) is 22.5. The number of carbonyl (C=O) groups excluding carboxylic acids is 2. The minimum Gasteiger partial charge on any atom is -0.493 e. The van der Waals surface area contributed by atoms with Gasteiger partial charge < -0.3 is 19.5 Å². The summed E-state index contributed by atoms with van der Waals surface area (Å²) in [6.07, 6.45) is 4.64. The second kappa shape index (κ2) is 11.4. The maximum Gasteiger partial charge on any atom is 0.308 e. The van der Waals surface area contributed by atoms with E-state index < -0.39 is 5.97 Å². The SMILES string of the molecule is COc1cc(/C=C/C(=O)Nc2cnc3cc(C)c(C)cc3c2-c2ccccc2Cl)cc(OC)c1OC(C)=O. The minimum absolute atomic E-state index is 0.168. The van der Waals surface area contributed by atoms with Crippen molar-refractivity contribution in [1.29, 1.82) is 0 Å². The standard InChI is InChI=1S/C30H27ClN2O5/c1-17-12-22-24(13-18(17)2)32-16-25(29(22)21-8-6-7-9-23(21)31)33-28(35)11-10-20-14-26(36-4)30(38-19(3)34)27(15-20)37-5/h6-16H,1-5H3,(H,33,35)/b11-10+. The van der Waals surface area contributed by atoms with Gasteiger partial charge in [-0.15, -0.1) is 0 Å². The molecule has 0 aliphatic rings. The van der Waals surface area contributed by atoms with Gasteiger partial charge in [-0.1, -0.05) is 29.8 Å².